The van der Waals surface area contributed by atoms with Crippen molar-refractivity contribution in [2.24, 2.45) is 0 Å². The van der Waals surface area contributed by atoms with Crippen molar-refractivity contribution in [3.05, 3.63) is 28.0 Å². The van der Waals surface area contributed by atoms with Gasteiger partial charge >= 0.3 is 0 Å². The first kappa shape index (κ1) is 9.52. The molecule has 1 nitrogen and oxygen atoms in total. The van der Waals surface area contributed by atoms with Crippen LogP contribution in [0.25, 0.3) is 0 Å². The largest absolute Gasteiger partial charge is 0.493 e. The molecule has 1 rings (SSSR count). The lowest BCUT2D eigenvalue weighted by Gasteiger charge is -2.07. The maximum absolute atomic E-state index is 13.0. The monoisotopic (exact) mass is 232 g/mol. The third-order valence-electron chi connectivity index (χ3n) is 1.52. The number of rotatable bonds is 2. The van der Waals surface area contributed by atoms with Crippen LogP contribution in [0.3, 0.4) is 0 Å². The normalized spacial score (nSPS) is 10.0. The van der Waals surface area contributed by atoms with E-state index in [1.807, 2.05) is 13.8 Å². The van der Waals surface area contributed by atoms with Crippen molar-refractivity contribution in [3.63, 3.8) is 0 Å². The van der Waals surface area contributed by atoms with E-state index in [1.165, 1.54) is 6.07 Å². The van der Waals surface area contributed by atoms with Crippen LogP contribution in [0.5, 0.6) is 5.75 Å². The highest BCUT2D eigenvalue weighted by Gasteiger charge is 2.04. The van der Waals surface area contributed by atoms with Crippen LogP contribution < -0.4 is 4.74 Å². The molecule has 0 unspecified atom stereocenters. The zero-order valence-corrected chi connectivity index (χ0v) is 8.61. The Morgan fingerprint density at radius 1 is 1.50 bits per heavy atom. The molecule has 0 spiro atoms. The van der Waals surface area contributed by atoms with Crippen molar-refractivity contribution in [1.82, 2.24) is 0 Å². The van der Waals surface area contributed by atoms with Crippen LogP contribution in [0.15, 0.2) is 16.6 Å². The third kappa shape index (κ3) is 1.97. The molecular formula is C9H10BrFO. The Balaban J connectivity index is 3.05. The van der Waals surface area contributed by atoms with Gasteiger partial charge in [-0.2, -0.15) is 0 Å². The average Bonchev–Trinajstić information content (AvgIpc) is 2.01. The van der Waals surface area contributed by atoms with Gasteiger partial charge in [0.15, 0.2) is 0 Å². The van der Waals surface area contributed by atoms with E-state index in [0.717, 1.165) is 5.56 Å². The predicted molar refractivity (Wildman–Crippen MR) is 50.0 cm³/mol. The lowest BCUT2D eigenvalue weighted by atomic mass is 10.2. The molecule has 0 aliphatic heterocycles. The van der Waals surface area contributed by atoms with Crippen molar-refractivity contribution in [2.45, 2.75) is 13.8 Å². The number of aryl methyl sites for hydroxylation is 1. The average molecular weight is 233 g/mol. The summed E-state index contributed by atoms with van der Waals surface area (Å²) >= 11 is 3.10. The van der Waals surface area contributed by atoms with Gasteiger partial charge in [-0.3, -0.25) is 0 Å². The van der Waals surface area contributed by atoms with Gasteiger partial charge in [0.1, 0.15) is 11.6 Å². The molecular weight excluding hydrogens is 223 g/mol. The summed E-state index contributed by atoms with van der Waals surface area (Å²) in [5.74, 6) is 0.322. The van der Waals surface area contributed by atoms with Crippen LogP contribution in [0, 0.1) is 12.7 Å². The highest BCUT2D eigenvalue weighted by molar-refractivity contribution is 9.10. The summed E-state index contributed by atoms with van der Waals surface area (Å²) in [6.07, 6.45) is 0. The molecule has 1 aromatic carbocycles. The molecule has 1 aromatic rings. The second kappa shape index (κ2) is 3.90. The zero-order valence-electron chi connectivity index (χ0n) is 7.03. The van der Waals surface area contributed by atoms with Gasteiger partial charge < -0.3 is 4.74 Å². The summed E-state index contributed by atoms with van der Waals surface area (Å²) in [4.78, 5) is 0. The smallest absolute Gasteiger partial charge is 0.141 e. The van der Waals surface area contributed by atoms with Crippen molar-refractivity contribution in [1.29, 1.82) is 0 Å². The summed E-state index contributed by atoms with van der Waals surface area (Å²) < 4.78 is 18.6. The minimum absolute atomic E-state index is 0.288. The Bertz CT molecular complexity index is 286. The number of benzene rings is 1. The Kier molecular flexibility index (Phi) is 3.09. The maximum Gasteiger partial charge on any atom is 0.141 e. The molecule has 0 heterocycles. The molecule has 0 fully saturated rings. The highest BCUT2D eigenvalue weighted by atomic mass is 79.9. The van der Waals surface area contributed by atoms with Gasteiger partial charge in [-0.05, 0) is 41.4 Å². The standard InChI is InChI=1S/C9H10BrFO/c1-3-12-9-5-8(11)7(10)4-6(9)2/h4-5H,3H2,1-2H3. The Hall–Kier alpha value is -0.570. The van der Waals surface area contributed by atoms with Gasteiger partial charge in [0.25, 0.3) is 0 Å². The van der Waals surface area contributed by atoms with Gasteiger partial charge in [0, 0.05) is 6.07 Å². The van der Waals surface area contributed by atoms with Crippen LogP contribution in [-0.2, 0) is 0 Å². The fourth-order valence-electron chi connectivity index (χ4n) is 0.939. The lowest BCUT2D eigenvalue weighted by molar-refractivity contribution is 0.335. The van der Waals surface area contributed by atoms with Crippen molar-refractivity contribution in [2.75, 3.05) is 6.61 Å². The van der Waals surface area contributed by atoms with Crippen LogP contribution in [0.4, 0.5) is 4.39 Å². The van der Waals surface area contributed by atoms with E-state index in [0.29, 0.717) is 16.8 Å². The molecule has 0 N–H and O–H groups in total. The van der Waals surface area contributed by atoms with Gasteiger partial charge in [-0.25, -0.2) is 4.39 Å². The van der Waals surface area contributed by atoms with Crippen molar-refractivity contribution in [3.8, 4) is 5.75 Å². The molecule has 0 amide bonds. The van der Waals surface area contributed by atoms with Gasteiger partial charge in [0.2, 0.25) is 0 Å². The number of ether oxygens (including phenoxy) is 1. The van der Waals surface area contributed by atoms with E-state index in [1.54, 1.807) is 6.07 Å². The van der Waals surface area contributed by atoms with Crippen LogP contribution in [-0.4, -0.2) is 6.61 Å². The fourth-order valence-corrected chi connectivity index (χ4v) is 1.40. The first-order chi connectivity index (χ1) is 5.65. The minimum atomic E-state index is -0.288. The molecule has 12 heavy (non-hydrogen) atoms. The predicted octanol–water partition coefficient (Wildman–Crippen LogP) is 3.30. The molecule has 0 aromatic heterocycles. The lowest BCUT2D eigenvalue weighted by Crippen LogP contribution is -1.95. The van der Waals surface area contributed by atoms with Gasteiger partial charge in [-0.15, -0.1) is 0 Å². The SMILES string of the molecule is CCOc1cc(F)c(Br)cc1C. The Labute approximate surface area is 79.7 Å². The quantitative estimate of drug-likeness (QED) is 0.761. The van der Waals surface area contributed by atoms with Crippen LogP contribution in [0.2, 0.25) is 0 Å². The first-order valence-electron chi connectivity index (χ1n) is 3.73. The van der Waals surface area contributed by atoms with E-state index in [9.17, 15) is 4.39 Å². The topological polar surface area (TPSA) is 9.23 Å². The molecule has 0 aliphatic carbocycles. The van der Waals surface area contributed by atoms with E-state index in [4.69, 9.17) is 4.74 Å². The highest BCUT2D eigenvalue weighted by Crippen LogP contribution is 2.25. The van der Waals surface area contributed by atoms with Crippen LogP contribution in [0.1, 0.15) is 12.5 Å². The Morgan fingerprint density at radius 3 is 2.75 bits per heavy atom. The zero-order chi connectivity index (χ0) is 9.14. The number of hydrogen-bond donors (Lipinski definition) is 0. The molecule has 66 valence electrons. The molecule has 3 heteroatoms. The third-order valence-corrected chi connectivity index (χ3v) is 2.13. The number of halogens is 2. The summed E-state index contributed by atoms with van der Waals surface area (Å²) in [6.45, 7) is 4.32. The van der Waals surface area contributed by atoms with E-state index in [2.05, 4.69) is 15.9 Å². The molecule has 0 saturated heterocycles. The van der Waals surface area contributed by atoms with E-state index in [-0.39, 0.29) is 5.82 Å². The van der Waals surface area contributed by atoms with Crippen molar-refractivity contribution < 1.29 is 9.13 Å². The van der Waals surface area contributed by atoms with Gasteiger partial charge in [0.05, 0.1) is 11.1 Å². The van der Waals surface area contributed by atoms with E-state index >= 15 is 0 Å². The summed E-state index contributed by atoms with van der Waals surface area (Å²) in [6, 6.07) is 3.10. The molecule has 0 radical (unpaired) electrons. The minimum Gasteiger partial charge on any atom is -0.493 e. The van der Waals surface area contributed by atoms with Gasteiger partial charge in [-0.1, -0.05) is 0 Å². The van der Waals surface area contributed by atoms with E-state index < -0.39 is 0 Å². The first-order valence-corrected chi connectivity index (χ1v) is 4.53. The molecule has 0 saturated carbocycles. The second-order valence-electron chi connectivity index (χ2n) is 2.46. The fraction of sp³-hybridized carbons (Fsp3) is 0.333. The summed E-state index contributed by atoms with van der Waals surface area (Å²) in [5.41, 5.74) is 0.935. The molecule has 0 aliphatic rings. The second-order valence-corrected chi connectivity index (χ2v) is 3.32. The molecule has 0 bridgehead atoms. The summed E-state index contributed by atoms with van der Waals surface area (Å²) in [5, 5.41) is 0. The van der Waals surface area contributed by atoms with Crippen molar-refractivity contribution >= 4 is 15.9 Å². The molecule has 0 atom stereocenters. The Morgan fingerprint density at radius 2 is 2.17 bits per heavy atom. The maximum atomic E-state index is 13.0. The number of hydrogen-bond acceptors (Lipinski definition) is 1. The summed E-state index contributed by atoms with van der Waals surface area (Å²) in [7, 11) is 0. The van der Waals surface area contributed by atoms with Crippen LogP contribution >= 0.6 is 15.9 Å².